The largest absolute Gasteiger partial charge is 0.495 e. The number of anilines is 1. The molecule has 0 atom stereocenters. The molecule has 0 aliphatic carbocycles. The molecular formula is C13H11ClN2O2. The zero-order valence-electron chi connectivity index (χ0n) is 9.68. The van der Waals surface area contributed by atoms with Gasteiger partial charge >= 0.3 is 0 Å². The number of pyridine rings is 1. The van der Waals surface area contributed by atoms with Crippen LogP contribution in [0.5, 0.6) is 5.75 Å². The summed E-state index contributed by atoms with van der Waals surface area (Å²) >= 11 is 5.96. The number of methoxy groups -OCH3 is 1. The lowest BCUT2D eigenvalue weighted by Crippen LogP contribution is -2.12. The minimum absolute atomic E-state index is 0.266. The van der Waals surface area contributed by atoms with Crippen molar-refractivity contribution in [2.24, 2.45) is 0 Å². The molecule has 0 fully saturated rings. The average Bonchev–Trinajstić information content (AvgIpc) is 2.39. The van der Waals surface area contributed by atoms with Gasteiger partial charge in [0.1, 0.15) is 11.6 Å². The van der Waals surface area contributed by atoms with E-state index in [-0.39, 0.29) is 5.91 Å². The molecule has 0 saturated heterocycles. The van der Waals surface area contributed by atoms with E-state index in [1.54, 1.807) is 42.6 Å². The van der Waals surface area contributed by atoms with Crippen LogP contribution in [0, 0.1) is 0 Å². The molecule has 1 N–H and O–H groups in total. The quantitative estimate of drug-likeness (QED) is 0.925. The number of benzene rings is 1. The first kappa shape index (κ1) is 12.4. The molecule has 1 heterocycles. The maximum Gasteiger partial charge on any atom is 0.256 e. The van der Waals surface area contributed by atoms with E-state index in [2.05, 4.69) is 10.3 Å². The predicted molar refractivity (Wildman–Crippen MR) is 70.2 cm³/mol. The van der Waals surface area contributed by atoms with Gasteiger partial charge in [-0.2, -0.15) is 0 Å². The molecule has 2 aromatic rings. The molecule has 0 aliphatic heterocycles. The fourth-order valence-electron chi connectivity index (χ4n) is 1.43. The van der Waals surface area contributed by atoms with Gasteiger partial charge < -0.3 is 10.1 Å². The second-order valence-electron chi connectivity index (χ2n) is 3.52. The van der Waals surface area contributed by atoms with Crippen molar-refractivity contribution in [1.82, 2.24) is 4.98 Å². The molecule has 2 rings (SSSR count). The van der Waals surface area contributed by atoms with Crippen molar-refractivity contribution in [1.29, 1.82) is 0 Å². The fraction of sp³-hybridized carbons (Fsp3) is 0.0769. The molecule has 0 saturated carbocycles. The molecule has 92 valence electrons. The van der Waals surface area contributed by atoms with E-state index in [4.69, 9.17) is 16.3 Å². The van der Waals surface area contributed by atoms with E-state index >= 15 is 0 Å². The Bertz CT molecular complexity index is 558. The Balaban J connectivity index is 2.17. The Kier molecular flexibility index (Phi) is 3.79. The highest BCUT2D eigenvalue weighted by Gasteiger charge is 2.09. The average molecular weight is 263 g/mol. The number of ether oxygens (including phenoxy) is 1. The van der Waals surface area contributed by atoms with Crippen LogP contribution in [0.2, 0.25) is 5.02 Å². The van der Waals surface area contributed by atoms with Crippen molar-refractivity contribution in [3.63, 3.8) is 0 Å². The number of carbonyl (C=O) groups excluding carboxylic acids is 1. The van der Waals surface area contributed by atoms with E-state index in [1.807, 2.05) is 0 Å². The highest BCUT2D eigenvalue weighted by atomic mass is 35.5. The number of nitrogens with one attached hydrogen (secondary N) is 1. The highest BCUT2D eigenvalue weighted by Crippen LogP contribution is 2.25. The van der Waals surface area contributed by atoms with Crippen molar-refractivity contribution in [2.45, 2.75) is 0 Å². The monoisotopic (exact) mass is 262 g/mol. The van der Waals surface area contributed by atoms with Gasteiger partial charge in [-0.25, -0.2) is 4.98 Å². The lowest BCUT2D eigenvalue weighted by atomic mass is 10.2. The third-order valence-corrected chi connectivity index (χ3v) is 2.62. The number of hydrogen-bond acceptors (Lipinski definition) is 3. The summed E-state index contributed by atoms with van der Waals surface area (Å²) in [6.45, 7) is 0. The smallest absolute Gasteiger partial charge is 0.256 e. The number of carbonyl (C=O) groups is 1. The summed E-state index contributed by atoms with van der Waals surface area (Å²) in [4.78, 5) is 15.9. The summed E-state index contributed by atoms with van der Waals surface area (Å²) < 4.78 is 5.02. The minimum Gasteiger partial charge on any atom is -0.495 e. The summed E-state index contributed by atoms with van der Waals surface area (Å²) in [6, 6.07) is 10.1. The third-order valence-electron chi connectivity index (χ3n) is 2.32. The molecule has 0 radical (unpaired) electrons. The molecule has 0 aliphatic rings. The van der Waals surface area contributed by atoms with Crippen molar-refractivity contribution in [3.8, 4) is 5.75 Å². The van der Waals surface area contributed by atoms with Gasteiger partial charge in [-0.15, -0.1) is 0 Å². The van der Waals surface area contributed by atoms with Crippen molar-refractivity contribution in [2.75, 3.05) is 12.4 Å². The van der Waals surface area contributed by atoms with E-state index in [1.165, 1.54) is 7.11 Å². The number of rotatable bonds is 3. The number of aromatic nitrogens is 1. The summed E-state index contributed by atoms with van der Waals surface area (Å²) in [5.41, 5.74) is 0.450. The number of amides is 1. The van der Waals surface area contributed by atoms with E-state index in [9.17, 15) is 4.79 Å². The third kappa shape index (κ3) is 2.78. The van der Waals surface area contributed by atoms with E-state index in [0.717, 1.165) is 0 Å². The van der Waals surface area contributed by atoms with Gasteiger partial charge in [0, 0.05) is 11.8 Å². The van der Waals surface area contributed by atoms with Crippen LogP contribution >= 0.6 is 11.6 Å². The Labute approximate surface area is 110 Å². The lowest BCUT2D eigenvalue weighted by Gasteiger charge is -2.06. The highest BCUT2D eigenvalue weighted by molar-refractivity contribution is 6.32. The molecule has 18 heavy (non-hydrogen) atoms. The molecule has 4 nitrogen and oxygen atoms in total. The zero-order chi connectivity index (χ0) is 13.0. The van der Waals surface area contributed by atoms with Crippen LogP contribution in [0.4, 0.5) is 5.82 Å². The molecule has 1 aromatic carbocycles. The van der Waals surface area contributed by atoms with Crippen LogP contribution in [0.25, 0.3) is 0 Å². The van der Waals surface area contributed by atoms with E-state index < -0.39 is 0 Å². The van der Waals surface area contributed by atoms with Gasteiger partial charge in [-0.05, 0) is 30.3 Å². The second-order valence-corrected chi connectivity index (χ2v) is 3.93. The van der Waals surface area contributed by atoms with Crippen LogP contribution in [-0.4, -0.2) is 18.0 Å². The molecule has 0 spiro atoms. The molecule has 5 heteroatoms. The fourth-order valence-corrected chi connectivity index (χ4v) is 1.69. The SMILES string of the molecule is COc1ccc(C(=O)Nc2ccccn2)cc1Cl. The normalized spacial score (nSPS) is 9.89. The number of hydrogen-bond donors (Lipinski definition) is 1. The Hall–Kier alpha value is -2.07. The molecular weight excluding hydrogens is 252 g/mol. The first-order valence-corrected chi connectivity index (χ1v) is 5.64. The Morgan fingerprint density at radius 2 is 2.17 bits per heavy atom. The summed E-state index contributed by atoms with van der Waals surface area (Å²) in [6.07, 6.45) is 1.61. The van der Waals surface area contributed by atoms with Gasteiger partial charge in [0.2, 0.25) is 0 Å². The standard InChI is InChI=1S/C13H11ClN2O2/c1-18-11-6-5-9(8-10(11)14)13(17)16-12-4-2-3-7-15-12/h2-8H,1H3,(H,15,16,17). The Morgan fingerprint density at radius 3 is 2.78 bits per heavy atom. The topological polar surface area (TPSA) is 51.2 Å². The van der Waals surface area contributed by atoms with Gasteiger partial charge in [0.05, 0.1) is 12.1 Å². The zero-order valence-corrected chi connectivity index (χ0v) is 10.4. The van der Waals surface area contributed by atoms with Crippen molar-refractivity contribution in [3.05, 3.63) is 53.2 Å². The van der Waals surface area contributed by atoms with Crippen LogP contribution in [0.1, 0.15) is 10.4 Å². The van der Waals surface area contributed by atoms with Crippen LogP contribution in [0.3, 0.4) is 0 Å². The predicted octanol–water partition coefficient (Wildman–Crippen LogP) is 3.00. The van der Waals surface area contributed by atoms with Gasteiger partial charge in [-0.3, -0.25) is 4.79 Å². The van der Waals surface area contributed by atoms with Crippen LogP contribution < -0.4 is 10.1 Å². The Morgan fingerprint density at radius 1 is 1.33 bits per heavy atom. The molecule has 1 aromatic heterocycles. The maximum atomic E-state index is 11.9. The number of halogens is 1. The first-order valence-electron chi connectivity index (χ1n) is 5.26. The first-order chi connectivity index (χ1) is 8.70. The van der Waals surface area contributed by atoms with Gasteiger partial charge in [0.25, 0.3) is 5.91 Å². The van der Waals surface area contributed by atoms with Gasteiger partial charge in [-0.1, -0.05) is 17.7 Å². The molecule has 0 unspecified atom stereocenters. The minimum atomic E-state index is -0.266. The van der Waals surface area contributed by atoms with Crippen molar-refractivity contribution < 1.29 is 9.53 Å². The summed E-state index contributed by atoms with van der Waals surface area (Å²) in [7, 11) is 1.52. The molecule has 1 amide bonds. The maximum absolute atomic E-state index is 11.9. The van der Waals surface area contributed by atoms with Crippen molar-refractivity contribution >= 4 is 23.3 Å². The van der Waals surface area contributed by atoms with E-state index in [0.29, 0.717) is 22.2 Å². The van der Waals surface area contributed by atoms with Crippen LogP contribution in [-0.2, 0) is 0 Å². The number of nitrogens with zero attached hydrogens (tertiary/aromatic N) is 1. The van der Waals surface area contributed by atoms with Crippen LogP contribution in [0.15, 0.2) is 42.6 Å². The second kappa shape index (κ2) is 5.51. The summed E-state index contributed by atoms with van der Waals surface area (Å²) in [5, 5.41) is 3.07. The lowest BCUT2D eigenvalue weighted by molar-refractivity contribution is 0.102. The molecule has 0 bridgehead atoms. The van der Waals surface area contributed by atoms with Gasteiger partial charge in [0.15, 0.2) is 0 Å². The summed E-state index contributed by atoms with van der Waals surface area (Å²) in [5.74, 6) is 0.763.